The van der Waals surface area contributed by atoms with Gasteiger partial charge in [-0.25, -0.2) is 0 Å². The lowest BCUT2D eigenvalue weighted by molar-refractivity contribution is 0.0176. The Morgan fingerprint density at radius 1 is 1.67 bits per heavy atom. The van der Waals surface area contributed by atoms with Crippen LogP contribution in [0.4, 0.5) is 0 Å². The van der Waals surface area contributed by atoms with Gasteiger partial charge in [-0.05, 0) is 13.1 Å². The first-order valence-electron chi connectivity index (χ1n) is 3.75. The highest BCUT2D eigenvalue weighted by molar-refractivity contribution is 5.03. The van der Waals surface area contributed by atoms with Gasteiger partial charge < -0.3 is 15.5 Å². The summed E-state index contributed by atoms with van der Waals surface area (Å²) in [6.07, 6.45) is -0.180. The van der Waals surface area contributed by atoms with Crippen LogP contribution in [-0.4, -0.2) is 40.1 Å². The van der Waals surface area contributed by atoms with Crippen LogP contribution in [0.3, 0.4) is 0 Å². The van der Waals surface area contributed by atoms with Crippen molar-refractivity contribution in [2.45, 2.75) is 12.2 Å². The lowest BCUT2D eigenvalue weighted by atomic mass is 10.1. The molecule has 0 amide bonds. The summed E-state index contributed by atoms with van der Waals surface area (Å²) in [5.41, 5.74) is 0.526. The predicted octanol–water partition coefficient (Wildman–Crippen LogP) is -0.977. The summed E-state index contributed by atoms with van der Waals surface area (Å²) in [4.78, 5) is 0. The van der Waals surface area contributed by atoms with Gasteiger partial charge in [0, 0.05) is 12.7 Å². The van der Waals surface area contributed by atoms with Gasteiger partial charge in [-0.15, -0.1) is 0 Å². The molecule has 4 N–H and O–H groups in total. The van der Waals surface area contributed by atoms with Crippen LogP contribution in [0.5, 0.6) is 0 Å². The monoisotopic (exact) mass is 171 g/mol. The van der Waals surface area contributed by atoms with Crippen LogP contribution in [0.15, 0.2) is 12.3 Å². The first-order valence-corrected chi connectivity index (χ1v) is 3.75. The highest BCUT2D eigenvalue weighted by Crippen LogP contribution is 2.12. The molecule has 0 aliphatic carbocycles. The number of aromatic nitrogens is 2. The SMILES string of the molecule is CNCC(O)C(O)c1ccn[nH]1. The Morgan fingerprint density at radius 2 is 2.42 bits per heavy atom. The van der Waals surface area contributed by atoms with Crippen molar-refractivity contribution in [1.29, 1.82) is 0 Å². The maximum atomic E-state index is 9.45. The number of hydrogen-bond acceptors (Lipinski definition) is 4. The minimum absolute atomic E-state index is 0.347. The molecular formula is C7H13N3O2. The van der Waals surface area contributed by atoms with E-state index in [-0.39, 0.29) is 0 Å². The molecule has 1 aromatic heterocycles. The fourth-order valence-corrected chi connectivity index (χ4v) is 0.959. The van der Waals surface area contributed by atoms with Crippen LogP contribution in [0.2, 0.25) is 0 Å². The van der Waals surface area contributed by atoms with E-state index in [0.717, 1.165) is 0 Å². The summed E-state index contributed by atoms with van der Waals surface area (Å²) in [6, 6.07) is 1.63. The Hall–Kier alpha value is -0.910. The van der Waals surface area contributed by atoms with Crippen molar-refractivity contribution in [3.05, 3.63) is 18.0 Å². The maximum Gasteiger partial charge on any atom is 0.122 e. The maximum absolute atomic E-state index is 9.45. The minimum atomic E-state index is -0.903. The minimum Gasteiger partial charge on any atom is -0.389 e. The molecule has 0 saturated heterocycles. The molecule has 0 aliphatic rings. The van der Waals surface area contributed by atoms with E-state index in [0.29, 0.717) is 12.2 Å². The van der Waals surface area contributed by atoms with Crippen molar-refractivity contribution in [2.24, 2.45) is 0 Å². The summed E-state index contributed by atoms with van der Waals surface area (Å²) >= 11 is 0. The van der Waals surface area contributed by atoms with Gasteiger partial charge >= 0.3 is 0 Å². The van der Waals surface area contributed by atoms with Crippen LogP contribution in [-0.2, 0) is 0 Å². The fraction of sp³-hybridized carbons (Fsp3) is 0.571. The molecule has 1 rings (SSSR count). The molecule has 0 fully saturated rings. The third-order valence-electron chi connectivity index (χ3n) is 1.62. The zero-order valence-corrected chi connectivity index (χ0v) is 6.86. The molecule has 2 unspecified atom stereocenters. The van der Waals surface area contributed by atoms with E-state index in [1.165, 1.54) is 6.20 Å². The molecule has 2 atom stereocenters. The number of aromatic amines is 1. The topological polar surface area (TPSA) is 81.2 Å². The Kier molecular flexibility index (Phi) is 3.21. The Morgan fingerprint density at radius 3 is 2.92 bits per heavy atom. The highest BCUT2D eigenvalue weighted by atomic mass is 16.3. The van der Waals surface area contributed by atoms with E-state index in [9.17, 15) is 10.2 Å². The second-order valence-corrected chi connectivity index (χ2v) is 2.58. The predicted molar refractivity (Wildman–Crippen MR) is 43.5 cm³/mol. The number of aliphatic hydroxyl groups excluding tert-OH is 2. The van der Waals surface area contributed by atoms with Gasteiger partial charge in [-0.2, -0.15) is 5.10 Å². The molecule has 68 valence electrons. The average Bonchev–Trinajstić information content (AvgIpc) is 2.55. The van der Waals surface area contributed by atoms with Gasteiger partial charge in [0.15, 0.2) is 0 Å². The molecule has 5 nitrogen and oxygen atoms in total. The zero-order valence-electron chi connectivity index (χ0n) is 6.86. The average molecular weight is 171 g/mol. The first-order chi connectivity index (χ1) is 5.75. The van der Waals surface area contributed by atoms with E-state index in [1.54, 1.807) is 13.1 Å². The molecule has 12 heavy (non-hydrogen) atoms. The molecule has 1 heterocycles. The summed E-state index contributed by atoms with van der Waals surface area (Å²) in [6.45, 7) is 0.347. The second-order valence-electron chi connectivity index (χ2n) is 2.58. The normalized spacial score (nSPS) is 15.9. The number of aliphatic hydroxyl groups is 2. The number of likely N-dealkylation sites (N-methyl/N-ethyl adjacent to an activating group) is 1. The summed E-state index contributed by atoms with van der Waals surface area (Å²) in [5.74, 6) is 0. The lowest BCUT2D eigenvalue weighted by Gasteiger charge is -2.15. The summed E-state index contributed by atoms with van der Waals surface area (Å²) < 4.78 is 0. The van der Waals surface area contributed by atoms with Crippen LogP contribution in [0, 0.1) is 0 Å². The molecule has 0 radical (unpaired) electrons. The Bertz CT molecular complexity index is 212. The van der Waals surface area contributed by atoms with Crippen LogP contribution in [0.25, 0.3) is 0 Å². The van der Waals surface area contributed by atoms with E-state index >= 15 is 0 Å². The Balaban J connectivity index is 2.53. The number of nitrogens with one attached hydrogen (secondary N) is 2. The molecule has 0 saturated carbocycles. The first kappa shape index (κ1) is 9.18. The van der Waals surface area contributed by atoms with Gasteiger partial charge in [0.2, 0.25) is 0 Å². The van der Waals surface area contributed by atoms with Gasteiger partial charge in [-0.1, -0.05) is 0 Å². The van der Waals surface area contributed by atoms with E-state index < -0.39 is 12.2 Å². The van der Waals surface area contributed by atoms with E-state index in [2.05, 4.69) is 15.5 Å². The molecular weight excluding hydrogens is 158 g/mol. The number of rotatable bonds is 4. The third-order valence-corrected chi connectivity index (χ3v) is 1.62. The number of hydrogen-bond donors (Lipinski definition) is 4. The Labute approximate surface area is 70.4 Å². The van der Waals surface area contributed by atoms with Crippen molar-refractivity contribution in [2.75, 3.05) is 13.6 Å². The van der Waals surface area contributed by atoms with Crippen LogP contribution in [0.1, 0.15) is 11.8 Å². The molecule has 5 heteroatoms. The zero-order chi connectivity index (χ0) is 8.97. The second kappa shape index (κ2) is 4.20. The fourth-order valence-electron chi connectivity index (χ4n) is 0.959. The van der Waals surface area contributed by atoms with E-state index in [1.807, 2.05) is 0 Å². The molecule has 0 aliphatic heterocycles. The lowest BCUT2D eigenvalue weighted by Crippen LogP contribution is -2.29. The number of nitrogens with zero attached hydrogens (tertiary/aromatic N) is 1. The van der Waals surface area contributed by atoms with Crippen molar-refractivity contribution in [3.63, 3.8) is 0 Å². The molecule has 0 bridgehead atoms. The standard InChI is InChI=1S/C7H13N3O2/c1-8-4-6(11)7(12)5-2-3-9-10-5/h2-3,6-8,11-12H,4H2,1H3,(H,9,10). The summed E-state index contributed by atoms with van der Waals surface area (Å²) in [7, 11) is 1.71. The van der Waals surface area contributed by atoms with Crippen LogP contribution >= 0.6 is 0 Å². The van der Waals surface area contributed by atoms with Gasteiger partial charge in [0.05, 0.1) is 11.8 Å². The largest absolute Gasteiger partial charge is 0.389 e. The summed E-state index contributed by atoms with van der Waals surface area (Å²) in [5, 5.41) is 27.8. The highest BCUT2D eigenvalue weighted by Gasteiger charge is 2.18. The number of H-pyrrole nitrogens is 1. The van der Waals surface area contributed by atoms with Crippen molar-refractivity contribution in [1.82, 2.24) is 15.5 Å². The molecule has 0 spiro atoms. The van der Waals surface area contributed by atoms with Gasteiger partial charge in [-0.3, -0.25) is 5.10 Å². The van der Waals surface area contributed by atoms with Crippen molar-refractivity contribution in [3.8, 4) is 0 Å². The van der Waals surface area contributed by atoms with Gasteiger partial charge in [0.1, 0.15) is 6.10 Å². The van der Waals surface area contributed by atoms with Gasteiger partial charge in [0.25, 0.3) is 0 Å². The molecule has 1 aromatic rings. The van der Waals surface area contributed by atoms with Crippen molar-refractivity contribution >= 4 is 0 Å². The van der Waals surface area contributed by atoms with Crippen molar-refractivity contribution < 1.29 is 10.2 Å². The quantitative estimate of drug-likeness (QED) is 0.469. The van der Waals surface area contributed by atoms with E-state index in [4.69, 9.17) is 0 Å². The molecule has 0 aromatic carbocycles. The third kappa shape index (κ3) is 2.04. The smallest absolute Gasteiger partial charge is 0.122 e. The van der Waals surface area contributed by atoms with Crippen LogP contribution < -0.4 is 5.32 Å².